The van der Waals surface area contributed by atoms with Crippen molar-refractivity contribution >= 4 is 82.6 Å². The monoisotopic (exact) mass is 587 g/mol. The molecule has 0 bridgehead atoms. The minimum atomic E-state index is 0.920. The van der Waals surface area contributed by atoms with Gasteiger partial charge < -0.3 is 18.5 Å². The van der Waals surface area contributed by atoms with Crippen LogP contribution in [0.2, 0.25) is 0 Å². The van der Waals surface area contributed by atoms with Crippen molar-refractivity contribution < 1.29 is 4.42 Å². The van der Waals surface area contributed by atoms with E-state index < -0.39 is 0 Å². The van der Waals surface area contributed by atoms with Crippen LogP contribution < -0.4 is 4.90 Å². The number of para-hydroxylation sites is 6. The lowest BCUT2D eigenvalue weighted by Crippen LogP contribution is -2.18. The van der Waals surface area contributed by atoms with Crippen molar-refractivity contribution in [2.45, 2.75) is 0 Å². The molecule has 10 aromatic rings. The molecule has 0 unspecified atom stereocenters. The zero-order valence-electron chi connectivity index (χ0n) is 24.7. The molecule has 0 N–H and O–H groups in total. The van der Waals surface area contributed by atoms with Gasteiger partial charge >= 0.3 is 0 Å². The summed E-state index contributed by atoms with van der Waals surface area (Å²) in [5, 5.41) is 7.24. The molecule has 0 saturated heterocycles. The van der Waals surface area contributed by atoms with E-state index in [0.717, 1.165) is 39.0 Å². The van der Waals surface area contributed by atoms with Gasteiger partial charge in [-0.3, -0.25) is 0 Å². The summed E-state index contributed by atoms with van der Waals surface area (Å²) in [5.41, 5.74) is 12.4. The molecule has 0 atom stereocenters. The van der Waals surface area contributed by atoms with Crippen LogP contribution in [-0.4, -0.2) is 9.13 Å². The van der Waals surface area contributed by atoms with E-state index in [1.165, 1.54) is 55.0 Å². The van der Waals surface area contributed by atoms with E-state index in [1.54, 1.807) is 0 Å². The van der Waals surface area contributed by atoms with Crippen LogP contribution in [0.15, 0.2) is 156 Å². The highest BCUT2D eigenvalue weighted by Crippen LogP contribution is 2.50. The first kappa shape index (κ1) is 24.1. The summed E-state index contributed by atoms with van der Waals surface area (Å²) in [6, 6.07) is 54.6. The maximum Gasteiger partial charge on any atom is 0.136 e. The minimum absolute atomic E-state index is 0.920. The molecule has 4 nitrogen and oxygen atoms in total. The molecule has 3 aromatic heterocycles. The van der Waals surface area contributed by atoms with Gasteiger partial charge in [0.15, 0.2) is 0 Å². The third kappa shape index (κ3) is 3.03. The van der Waals surface area contributed by atoms with Crippen molar-refractivity contribution in [1.29, 1.82) is 0 Å². The van der Waals surface area contributed by atoms with Crippen LogP contribution in [0, 0.1) is 0 Å². The topological polar surface area (TPSA) is 26.2 Å². The van der Waals surface area contributed by atoms with E-state index in [-0.39, 0.29) is 0 Å². The first-order valence-corrected chi connectivity index (χ1v) is 15.7. The molecular formula is C42H25N3O. The third-order valence-electron chi connectivity index (χ3n) is 9.82. The lowest BCUT2D eigenvalue weighted by Gasteiger charge is -2.33. The molecule has 0 aliphatic carbocycles. The average molecular weight is 588 g/mol. The number of anilines is 3. The Morgan fingerprint density at radius 2 is 0.957 bits per heavy atom. The molecule has 0 spiro atoms. The zero-order valence-corrected chi connectivity index (χ0v) is 24.7. The SMILES string of the molecule is c1ccc2c(c1)N(c1ccc(-n3c4ccccc4c4ccccc43)cc1)c1cccc3c4cc5oc6ccccc6c5cc4n-2c13. The number of aromatic nitrogens is 2. The summed E-state index contributed by atoms with van der Waals surface area (Å²) < 4.78 is 11.1. The van der Waals surface area contributed by atoms with Crippen molar-refractivity contribution in [3.05, 3.63) is 152 Å². The van der Waals surface area contributed by atoms with E-state index in [9.17, 15) is 0 Å². The van der Waals surface area contributed by atoms with Crippen molar-refractivity contribution in [1.82, 2.24) is 9.13 Å². The molecule has 214 valence electrons. The van der Waals surface area contributed by atoms with Crippen LogP contribution in [0.4, 0.5) is 17.1 Å². The van der Waals surface area contributed by atoms with Gasteiger partial charge in [-0.05, 0) is 72.8 Å². The average Bonchev–Trinajstić information content (AvgIpc) is 3.76. The second-order valence-corrected chi connectivity index (χ2v) is 12.2. The van der Waals surface area contributed by atoms with Gasteiger partial charge in [-0.15, -0.1) is 0 Å². The lowest BCUT2D eigenvalue weighted by molar-refractivity contribution is 0.669. The molecule has 7 aromatic carbocycles. The largest absolute Gasteiger partial charge is 0.456 e. The maximum absolute atomic E-state index is 6.33. The number of fused-ring (bicyclic) bond motifs is 11. The molecule has 4 heterocycles. The first-order valence-electron chi connectivity index (χ1n) is 15.7. The quantitative estimate of drug-likeness (QED) is 0.201. The van der Waals surface area contributed by atoms with Gasteiger partial charge in [0, 0.05) is 43.7 Å². The van der Waals surface area contributed by atoms with Gasteiger partial charge in [0.2, 0.25) is 0 Å². The summed E-state index contributed by atoms with van der Waals surface area (Å²) in [6.07, 6.45) is 0. The molecule has 0 fully saturated rings. The highest BCUT2D eigenvalue weighted by Gasteiger charge is 2.29. The Morgan fingerprint density at radius 1 is 0.348 bits per heavy atom. The fourth-order valence-corrected chi connectivity index (χ4v) is 7.90. The summed E-state index contributed by atoms with van der Waals surface area (Å²) in [4.78, 5) is 2.41. The van der Waals surface area contributed by atoms with Crippen LogP contribution in [0.5, 0.6) is 0 Å². The first-order chi connectivity index (χ1) is 22.8. The van der Waals surface area contributed by atoms with Crippen LogP contribution in [-0.2, 0) is 0 Å². The van der Waals surface area contributed by atoms with Crippen LogP contribution in [0.1, 0.15) is 0 Å². The predicted molar refractivity (Wildman–Crippen MR) is 191 cm³/mol. The fourth-order valence-electron chi connectivity index (χ4n) is 7.90. The molecular weight excluding hydrogens is 562 g/mol. The van der Waals surface area contributed by atoms with E-state index in [0.29, 0.717) is 0 Å². The zero-order chi connectivity index (χ0) is 29.9. The number of benzene rings is 7. The molecule has 4 heteroatoms. The molecule has 0 saturated carbocycles. The normalized spacial score (nSPS) is 12.7. The predicted octanol–water partition coefficient (Wildman–Crippen LogP) is 11.6. The summed E-state index contributed by atoms with van der Waals surface area (Å²) in [6.45, 7) is 0. The van der Waals surface area contributed by atoms with E-state index in [4.69, 9.17) is 4.42 Å². The Bertz CT molecular complexity index is 2810. The number of furan rings is 1. The van der Waals surface area contributed by atoms with E-state index in [2.05, 4.69) is 154 Å². The lowest BCUT2D eigenvalue weighted by atomic mass is 10.1. The smallest absolute Gasteiger partial charge is 0.136 e. The molecule has 0 radical (unpaired) electrons. The molecule has 1 aliphatic rings. The Labute approximate surface area is 263 Å². The minimum Gasteiger partial charge on any atom is -0.456 e. The molecule has 11 rings (SSSR count). The fraction of sp³-hybridized carbons (Fsp3) is 0. The highest BCUT2D eigenvalue weighted by molar-refractivity contribution is 6.21. The van der Waals surface area contributed by atoms with Gasteiger partial charge in [0.25, 0.3) is 0 Å². The van der Waals surface area contributed by atoms with Crippen molar-refractivity contribution in [3.63, 3.8) is 0 Å². The summed E-state index contributed by atoms with van der Waals surface area (Å²) >= 11 is 0. The summed E-state index contributed by atoms with van der Waals surface area (Å²) in [5.74, 6) is 0. The second-order valence-electron chi connectivity index (χ2n) is 12.2. The number of hydrogen-bond acceptors (Lipinski definition) is 2. The van der Waals surface area contributed by atoms with Gasteiger partial charge in [0.05, 0.1) is 39.1 Å². The van der Waals surface area contributed by atoms with Crippen molar-refractivity contribution in [3.8, 4) is 11.4 Å². The second kappa shape index (κ2) is 8.68. The van der Waals surface area contributed by atoms with Crippen molar-refractivity contribution in [2.24, 2.45) is 0 Å². The van der Waals surface area contributed by atoms with Gasteiger partial charge in [-0.2, -0.15) is 0 Å². The van der Waals surface area contributed by atoms with Crippen molar-refractivity contribution in [2.75, 3.05) is 4.90 Å². The standard InChI is InChI=1S/C42H25N3O/c1-4-14-34-28(10-1)29-11-2-5-15-35(29)43(34)26-20-22-27(23-21-26)44-36-16-6-7-17-37(36)45-39-24-33-30-12-3-8-19-40(30)46-41(33)25-32(39)31-13-9-18-38(44)42(31)45/h1-25H. The van der Waals surface area contributed by atoms with E-state index in [1.807, 2.05) is 12.1 Å². The molecule has 46 heavy (non-hydrogen) atoms. The van der Waals surface area contributed by atoms with Crippen LogP contribution in [0.3, 0.4) is 0 Å². The Morgan fingerprint density at radius 3 is 1.74 bits per heavy atom. The Hall–Kier alpha value is -6.26. The number of rotatable bonds is 2. The van der Waals surface area contributed by atoms with Gasteiger partial charge in [-0.1, -0.05) is 78.9 Å². The highest BCUT2D eigenvalue weighted by atomic mass is 16.3. The maximum atomic E-state index is 6.33. The van der Waals surface area contributed by atoms with Gasteiger partial charge in [-0.25, -0.2) is 0 Å². The molecule has 1 aliphatic heterocycles. The number of nitrogens with zero attached hydrogens (tertiary/aromatic N) is 3. The van der Waals surface area contributed by atoms with E-state index >= 15 is 0 Å². The van der Waals surface area contributed by atoms with Gasteiger partial charge in [0.1, 0.15) is 11.2 Å². The number of hydrogen-bond donors (Lipinski definition) is 0. The van der Waals surface area contributed by atoms with Crippen LogP contribution >= 0.6 is 0 Å². The Kier molecular flexibility index (Phi) is 4.55. The van der Waals surface area contributed by atoms with Crippen LogP contribution in [0.25, 0.3) is 76.9 Å². The molecule has 0 amide bonds. The Balaban J connectivity index is 1.15. The third-order valence-corrected chi connectivity index (χ3v) is 9.82. The summed E-state index contributed by atoms with van der Waals surface area (Å²) in [7, 11) is 0.